The van der Waals surface area contributed by atoms with Crippen molar-refractivity contribution in [3.8, 4) is 0 Å². The lowest BCUT2D eigenvalue weighted by Gasteiger charge is -2.33. The van der Waals surface area contributed by atoms with Crippen molar-refractivity contribution in [3.63, 3.8) is 0 Å². The molecular weight excluding hydrogens is 510 g/mol. The fourth-order valence-corrected chi connectivity index (χ4v) is 3.81. The molecule has 14 heteroatoms. The Kier molecular flexibility index (Phi) is 10.3. The Bertz CT molecular complexity index is 1080. The van der Waals surface area contributed by atoms with Crippen molar-refractivity contribution in [1.29, 1.82) is 0 Å². The molecule has 1 aliphatic heterocycles. The van der Waals surface area contributed by atoms with Crippen LogP contribution in [0.5, 0.6) is 0 Å². The summed E-state index contributed by atoms with van der Waals surface area (Å²) < 4.78 is 12.0. The molecule has 3 amide bonds. The zero-order valence-electron chi connectivity index (χ0n) is 23.8. The van der Waals surface area contributed by atoms with E-state index in [2.05, 4.69) is 26.3 Å². The van der Waals surface area contributed by atoms with Crippen molar-refractivity contribution >= 4 is 29.5 Å². The van der Waals surface area contributed by atoms with Gasteiger partial charge in [0.2, 0.25) is 17.7 Å². The molecule has 1 aromatic heterocycles. The molecule has 1 aliphatic rings. The molecule has 0 saturated carbocycles. The minimum absolute atomic E-state index is 0.00758. The summed E-state index contributed by atoms with van der Waals surface area (Å²) in [5, 5.41) is 15.9. The number of carbonyl (C=O) groups is 5. The lowest BCUT2D eigenvalue weighted by molar-refractivity contribution is -0.150. The Labute approximate surface area is 228 Å². The van der Waals surface area contributed by atoms with Crippen LogP contribution in [-0.4, -0.2) is 81.3 Å². The van der Waals surface area contributed by atoms with Crippen LogP contribution in [0.15, 0.2) is 6.20 Å². The number of methoxy groups -OCH3 is 1. The number of ketones is 1. The summed E-state index contributed by atoms with van der Waals surface area (Å²) in [6.45, 7) is 9.25. The highest BCUT2D eigenvalue weighted by atomic mass is 16.5. The van der Waals surface area contributed by atoms with Crippen LogP contribution in [0.25, 0.3) is 0 Å². The van der Waals surface area contributed by atoms with E-state index in [0.717, 1.165) is 0 Å². The summed E-state index contributed by atoms with van der Waals surface area (Å²) in [6, 6.07) is -1.99. The monoisotopic (exact) mass is 551 g/mol. The van der Waals surface area contributed by atoms with Gasteiger partial charge < -0.3 is 31.2 Å². The lowest BCUT2D eigenvalue weighted by atomic mass is 9.83. The molecule has 0 saturated heterocycles. The highest BCUT2D eigenvalue weighted by molar-refractivity contribution is 5.98. The maximum absolute atomic E-state index is 13.3. The van der Waals surface area contributed by atoms with Crippen LogP contribution in [0, 0.1) is 5.41 Å². The van der Waals surface area contributed by atoms with Crippen LogP contribution in [0.3, 0.4) is 0 Å². The van der Waals surface area contributed by atoms with Gasteiger partial charge in [0.15, 0.2) is 5.78 Å². The number of nitrogens with two attached hydrogens (primary N) is 1. The van der Waals surface area contributed by atoms with E-state index in [1.807, 2.05) is 0 Å². The van der Waals surface area contributed by atoms with E-state index in [4.69, 9.17) is 15.2 Å². The van der Waals surface area contributed by atoms with Gasteiger partial charge in [0.05, 0.1) is 38.0 Å². The van der Waals surface area contributed by atoms with Crippen molar-refractivity contribution in [2.45, 2.75) is 97.1 Å². The highest BCUT2D eigenvalue weighted by Crippen LogP contribution is 2.24. The topological polar surface area (TPSA) is 197 Å². The Morgan fingerprint density at radius 3 is 2.51 bits per heavy atom. The first-order chi connectivity index (χ1) is 18.0. The first-order valence-corrected chi connectivity index (χ1v) is 12.8. The molecule has 14 nitrogen and oxygen atoms in total. The summed E-state index contributed by atoms with van der Waals surface area (Å²) in [6.07, 6.45) is 2.51. The van der Waals surface area contributed by atoms with Crippen LogP contribution >= 0.6 is 0 Å². The molecule has 2 bridgehead atoms. The molecule has 218 valence electrons. The van der Waals surface area contributed by atoms with Gasteiger partial charge in [-0.15, -0.1) is 5.10 Å². The number of nitrogens with one attached hydrogen (secondary N) is 3. The predicted octanol–water partition coefficient (Wildman–Crippen LogP) is -0.651. The molecule has 1 aromatic rings. The van der Waals surface area contributed by atoms with Gasteiger partial charge in [0.1, 0.15) is 22.8 Å². The van der Waals surface area contributed by atoms with Crippen LogP contribution in [0.2, 0.25) is 0 Å². The van der Waals surface area contributed by atoms with Gasteiger partial charge in [0.25, 0.3) is 0 Å². The number of Topliss-reactive ketones (excluding diaryl/α,β-unsaturated/α-hetero) is 1. The maximum Gasteiger partial charge on any atom is 0.330 e. The van der Waals surface area contributed by atoms with Crippen LogP contribution in [0.1, 0.15) is 66.5 Å². The molecule has 39 heavy (non-hydrogen) atoms. The van der Waals surface area contributed by atoms with Crippen molar-refractivity contribution in [3.05, 3.63) is 11.9 Å². The predicted molar refractivity (Wildman–Crippen MR) is 139 cm³/mol. The van der Waals surface area contributed by atoms with E-state index in [1.165, 1.54) is 34.8 Å². The van der Waals surface area contributed by atoms with Gasteiger partial charge in [-0.25, -0.2) is 4.79 Å². The van der Waals surface area contributed by atoms with E-state index in [0.29, 0.717) is 25.1 Å². The number of esters is 1. The third kappa shape index (κ3) is 8.82. The number of amides is 3. The van der Waals surface area contributed by atoms with Crippen molar-refractivity contribution in [1.82, 2.24) is 30.9 Å². The fraction of sp³-hybridized carbons (Fsp3) is 0.720. The number of nitrogens with zero attached hydrogens (tertiary/aromatic N) is 3. The number of aryl methyl sites for hydroxylation is 1. The lowest BCUT2D eigenvalue weighted by Crippen LogP contribution is -2.63. The fourth-order valence-electron chi connectivity index (χ4n) is 3.81. The number of fused-ring (bicyclic) bond motifs is 2. The number of hydrogen-bond acceptors (Lipinski definition) is 10. The van der Waals surface area contributed by atoms with Gasteiger partial charge in [-0.1, -0.05) is 19.1 Å². The van der Waals surface area contributed by atoms with Crippen molar-refractivity contribution in [2.75, 3.05) is 13.7 Å². The second-order valence-corrected chi connectivity index (χ2v) is 11.5. The zero-order valence-corrected chi connectivity index (χ0v) is 23.8. The minimum Gasteiger partial charge on any atom is -0.467 e. The standard InChI is InChI=1S/C25H41N7O7/c1-23(2)11-18(33)16(26)9-8-10-32-12-15(30-31-32)13-39-14-17(19(34)28-25(5,6)22(37)38-7)27-21(36)24(3,4)29-20(23)35/h12,16-17H,8-11,13-14,26H2,1-7H3,(H,27,36)(H,28,34)(H,29,35)/t16-,17-/m0/s1. The molecule has 2 atom stereocenters. The van der Waals surface area contributed by atoms with E-state index < -0.39 is 52.3 Å². The van der Waals surface area contributed by atoms with E-state index >= 15 is 0 Å². The number of hydrogen-bond donors (Lipinski definition) is 4. The van der Waals surface area contributed by atoms with E-state index in [1.54, 1.807) is 24.7 Å². The SMILES string of the molecule is COC(=O)C(C)(C)NC(=O)[C@@H]1COCc2cn(nn2)CCC[C@H](N)C(=O)CC(C)(C)C(=O)NC(C)(C)C(=O)N1. The van der Waals surface area contributed by atoms with Gasteiger partial charge >= 0.3 is 5.97 Å². The third-order valence-electron chi connectivity index (χ3n) is 6.41. The molecule has 0 fully saturated rings. The molecule has 0 radical (unpaired) electrons. The number of rotatable bonds is 3. The molecule has 2 heterocycles. The van der Waals surface area contributed by atoms with Gasteiger partial charge in [-0.05, 0) is 40.5 Å². The quantitative estimate of drug-likeness (QED) is 0.350. The summed E-state index contributed by atoms with van der Waals surface area (Å²) in [4.78, 5) is 64.3. The molecule has 5 N–H and O–H groups in total. The Hall–Kier alpha value is -3.39. The van der Waals surface area contributed by atoms with Gasteiger partial charge in [-0.3, -0.25) is 23.9 Å². The molecule has 0 unspecified atom stereocenters. The molecule has 2 rings (SSSR count). The van der Waals surface area contributed by atoms with Gasteiger partial charge in [0, 0.05) is 13.0 Å². The minimum atomic E-state index is -1.47. The second kappa shape index (κ2) is 12.6. The second-order valence-electron chi connectivity index (χ2n) is 11.5. The Morgan fingerprint density at radius 1 is 1.21 bits per heavy atom. The number of ether oxygens (including phenoxy) is 2. The third-order valence-corrected chi connectivity index (χ3v) is 6.41. The summed E-state index contributed by atoms with van der Waals surface area (Å²) in [5.74, 6) is -2.86. The molecular formula is C25H41N7O7. The molecule has 0 aliphatic carbocycles. The summed E-state index contributed by atoms with van der Waals surface area (Å²) in [5.41, 5.74) is 2.57. The van der Waals surface area contributed by atoms with Crippen molar-refractivity contribution in [2.24, 2.45) is 11.1 Å². The van der Waals surface area contributed by atoms with Crippen molar-refractivity contribution < 1.29 is 33.4 Å². The average molecular weight is 552 g/mol. The number of aromatic nitrogens is 3. The van der Waals surface area contributed by atoms with Crippen LogP contribution in [0.4, 0.5) is 0 Å². The van der Waals surface area contributed by atoms with Crippen LogP contribution < -0.4 is 21.7 Å². The zero-order chi connectivity index (χ0) is 29.6. The largest absolute Gasteiger partial charge is 0.467 e. The molecule has 0 aromatic carbocycles. The summed E-state index contributed by atoms with van der Waals surface area (Å²) in [7, 11) is 1.20. The van der Waals surface area contributed by atoms with Crippen LogP contribution in [-0.2, 0) is 46.6 Å². The first-order valence-electron chi connectivity index (χ1n) is 12.8. The number of carbonyl (C=O) groups excluding carboxylic acids is 5. The Balaban J connectivity index is 2.33. The normalized spacial score (nSPS) is 23.3. The van der Waals surface area contributed by atoms with E-state index in [-0.39, 0.29) is 25.4 Å². The summed E-state index contributed by atoms with van der Waals surface area (Å²) >= 11 is 0. The highest BCUT2D eigenvalue weighted by Gasteiger charge is 2.40. The maximum atomic E-state index is 13.3. The first kappa shape index (κ1) is 31.8. The average Bonchev–Trinajstić information content (AvgIpc) is 3.28. The van der Waals surface area contributed by atoms with E-state index in [9.17, 15) is 24.0 Å². The smallest absolute Gasteiger partial charge is 0.330 e. The molecule has 0 spiro atoms. The Morgan fingerprint density at radius 2 is 1.87 bits per heavy atom. The van der Waals surface area contributed by atoms with Gasteiger partial charge in [-0.2, -0.15) is 0 Å².